The Kier molecular flexibility index (Phi) is 4.81. The lowest BCUT2D eigenvalue weighted by Crippen LogP contribution is -2.53. The van der Waals surface area contributed by atoms with E-state index in [1.165, 1.54) is 4.90 Å². The fourth-order valence-electron chi connectivity index (χ4n) is 3.41. The number of carbonyl (C=O) groups is 2. The van der Waals surface area contributed by atoms with Gasteiger partial charge in [0.05, 0.1) is 17.3 Å². The number of anilines is 2. The number of fused-ring (bicyclic) bond motifs is 1. The summed E-state index contributed by atoms with van der Waals surface area (Å²) in [5, 5.41) is 9.03. The number of piperazine rings is 1. The highest BCUT2D eigenvalue weighted by atomic mass is 16.5. The molecule has 142 valence electrons. The maximum absolute atomic E-state index is 12.8. The first-order valence-electron chi connectivity index (χ1n) is 9.07. The van der Waals surface area contributed by atoms with Crippen molar-refractivity contribution < 1.29 is 14.3 Å². The van der Waals surface area contributed by atoms with Gasteiger partial charge in [-0.1, -0.05) is 12.1 Å². The summed E-state index contributed by atoms with van der Waals surface area (Å²) in [5.41, 5.74) is 1.19. The second kappa shape index (κ2) is 7.56. The predicted molar refractivity (Wildman–Crippen MR) is 102 cm³/mol. The maximum Gasteiger partial charge on any atom is 0.265 e. The quantitative estimate of drug-likeness (QED) is 0.794. The van der Waals surface area contributed by atoms with E-state index in [1.54, 1.807) is 35.4 Å². The molecule has 28 heavy (non-hydrogen) atoms. The van der Waals surface area contributed by atoms with Crippen LogP contribution < -0.4 is 14.5 Å². The number of nitrogens with zero attached hydrogens (tertiary/aromatic N) is 5. The smallest absolute Gasteiger partial charge is 0.265 e. The van der Waals surface area contributed by atoms with E-state index in [9.17, 15) is 9.59 Å². The van der Waals surface area contributed by atoms with Gasteiger partial charge >= 0.3 is 0 Å². The van der Waals surface area contributed by atoms with Crippen LogP contribution >= 0.6 is 0 Å². The number of nitriles is 1. The number of ether oxygens (including phenoxy) is 1. The minimum Gasteiger partial charge on any atom is -0.482 e. The zero-order chi connectivity index (χ0) is 19.5. The SMILES string of the molecule is N#Cc1ccnc(N2CCN(C(=O)CN3C(=O)COc4ccccc43)CC2)c1. The Balaban J connectivity index is 1.39. The van der Waals surface area contributed by atoms with Gasteiger partial charge in [-0.15, -0.1) is 0 Å². The molecular weight excluding hydrogens is 358 g/mol. The summed E-state index contributed by atoms with van der Waals surface area (Å²) in [7, 11) is 0. The van der Waals surface area contributed by atoms with E-state index in [1.807, 2.05) is 12.1 Å². The molecule has 1 aromatic carbocycles. The van der Waals surface area contributed by atoms with E-state index >= 15 is 0 Å². The van der Waals surface area contributed by atoms with Gasteiger partial charge in [0.2, 0.25) is 5.91 Å². The van der Waals surface area contributed by atoms with Crippen molar-refractivity contribution in [2.75, 3.05) is 49.1 Å². The predicted octanol–water partition coefficient (Wildman–Crippen LogP) is 1.03. The number of hydrogen-bond acceptors (Lipinski definition) is 6. The molecule has 1 fully saturated rings. The van der Waals surface area contributed by atoms with Crippen molar-refractivity contribution >= 4 is 23.3 Å². The summed E-state index contributed by atoms with van der Waals surface area (Å²) in [5.74, 6) is 1.04. The normalized spacial score (nSPS) is 16.2. The molecule has 0 bridgehead atoms. The summed E-state index contributed by atoms with van der Waals surface area (Å²) in [6.45, 7) is 2.28. The highest BCUT2D eigenvalue weighted by Crippen LogP contribution is 2.31. The van der Waals surface area contributed by atoms with Gasteiger partial charge in [-0.3, -0.25) is 14.5 Å². The highest BCUT2D eigenvalue weighted by Gasteiger charge is 2.30. The van der Waals surface area contributed by atoms with Crippen molar-refractivity contribution in [1.29, 1.82) is 5.26 Å². The number of pyridine rings is 1. The van der Waals surface area contributed by atoms with Crippen LogP contribution in [0.25, 0.3) is 0 Å². The molecule has 8 nitrogen and oxygen atoms in total. The number of rotatable bonds is 3. The Labute approximate surface area is 162 Å². The van der Waals surface area contributed by atoms with E-state index < -0.39 is 0 Å². The lowest BCUT2D eigenvalue weighted by atomic mass is 10.2. The van der Waals surface area contributed by atoms with Gasteiger partial charge in [0.1, 0.15) is 18.1 Å². The molecule has 2 amide bonds. The average Bonchev–Trinajstić information content (AvgIpc) is 2.76. The second-order valence-electron chi connectivity index (χ2n) is 6.62. The number of carbonyl (C=O) groups excluding carboxylic acids is 2. The monoisotopic (exact) mass is 377 g/mol. The Morgan fingerprint density at radius 3 is 2.75 bits per heavy atom. The summed E-state index contributed by atoms with van der Waals surface area (Å²) in [6, 6.07) is 12.8. The van der Waals surface area contributed by atoms with Crippen LogP contribution in [0.2, 0.25) is 0 Å². The van der Waals surface area contributed by atoms with Gasteiger partial charge in [-0.25, -0.2) is 4.98 Å². The first kappa shape index (κ1) is 17.8. The molecule has 2 aliphatic rings. The first-order chi connectivity index (χ1) is 13.7. The largest absolute Gasteiger partial charge is 0.482 e. The lowest BCUT2D eigenvalue weighted by Gasteiger charge is -2.37. The Morgan fingerprint density at radius 2 is 1.96 bits per heavy atom. The summed E-state index contributed by atoms with van der Waals surface area (Å²) in [6.07, 6.45) is 1.62. The molecule has 8 heteroatoms. The van der Waals surface area contributed by atoms with Gasteiger partial charge < -0.3 is 14.5 Å². The Morgan fingerprint density at radius 1 is 1.18 bits per heavy atom. The van der Waals surface area contributed by atoms with Crippen LogP contribution in [0.3, 0.4) is 0 Å². The van der Waals surface area contributed by atoms with E-state index in [2.05, 4.69) is 16.0 Å². The summed E-state index contributed by atoms with van der Waals surface area (Å²) in [4.78, 5) is 34.7. The molecule has 1 saturated heterocycles. The summed E-state index contributed by atoms with van der Waals surface area (Å²) < 4.78 is 5.42. The topological polar surface area (TPSA) is 89.8 Å². The van der Waals surface area contributed by atoms with E-state index in [0.717, 1.165) is 5.82 Å². The van der Waals surface area contributed by atoms with Gasteiger partial charge in [-0.05, 0) is 24.3 Å². The Hall–Kier alpha value is -3.60. The third-order valence-electron chi connectivity index (χ3n) is 4.93. The van der Waals surface area contributed by atoms with Crippen LogP contribution in [0.5, 0.6) is 5.75 Å². The molecule has 0 spiro atoms. The molecule has 0 N–H and O–H groups in total. The van der Waals surface area contributed by atoms with Crippen LogP contribution in [0.4, 0.5) is 11.5 Å². The van der Waals surface area contributed by atoms with Crippen molar-refractivity contribution in [3.05, 3.63) is 48.2 Å². The minimum atomic E-state index is -0.219. The lowest BCUT2D eigenvalue weighted by molar-refractivity contribution is -0.132. The molecule has 0 saturated carbocycles. The standard InChI is InChI=1S/C20H19N5O3/c21-12-15-5-6-22-18(11-15)23-7-9-24(10-8-23)19(26)13-25-16-3-1-2-4-17(16)28-14-20(25)27/h1-6,11H,7-10,13-14H2. The first-order valence-corrected chi connectivity index (χ1v) is 9.07. The van der Waals surface area contributed by atoms with E-state index in [0.29, 0.717) is 43.2 Å². The molecule has 0 unspecified atom stereocenters. The molecule has 4 rings (SSSR count). The van der Waals surface area contributed by atoms with Crippen LogP contribution in [0.15, 0.2) is 42.6 Å². The maximum atomic E-state index is 12.8. The number of para-hydroxylation sites is 2. The van der Waals surface area contributed by atoms with Crippen LogP contribution in [0.1, 0.15) is 5.56 Å². The van der Waals surface area contributed by atoms with Gasteiger partial charge in [-0.2, -0.15) is 5.26 Å². The molecule has 0 atom stereocenters. The van der Waals surface area contributed by atoms with Crippen LogP contribution in [0, 0.1) is 11.3 Å². The number of amides is 2. The van der Waals surface area contributed by atoms with Crippen molar-refractivity contribution in [2.45, 2.75) is 0 Å². The third kappa shape index (κ3) is 3.47. The molecule has 0 aliphatic carbocycles. The van der Waals surface area contributed by atoms with Crippen molar-refractivity contribution in [3.63, 3.8) is 0 Å². The van der Waals surface area contributed by atoms with Crippen molar-refractivity contribution in [3.8, 4) is 11.8 Å². The fourth-order valence-corrected chi connectivity index (χ4v) is 3.41. The zero-order valence-electron chi connectivity index (χ0n) is 15.2. The van der Waals surface area contributed by atoms with Gasteiger partial charge in [0.15, 0.2) is 6.61 Å². The highest BCUT2D eigenvalue weighted by molar-refractivity contribution is 6.02. The number of hydrogen-bond donors (Lipinski definition) is 0. The molecule has 1 aromatic heterocycles. The fraction of sp³-hybridized carbons (Fsp3) is 0.300. The third-order valence-corrected chi connectivity index (χ3v) is 4.93. The van der Waals surface area contributed by atoms with Gasteiger partial charge in [0.25, 0.3) is 5.91 Å². The average molecular weight is 377 g/mol. The van der Waals surface area contributed by atoms with E-state index in [4.69, 9.17) is 10.00 Å². The van der Waals surface area contributed by atoms with Crippen LogP contribution in [-0.2, 0) is 9.59 Å². The van der Waals surface area contributed by atoms with Crippen molar-refractivity contribution in [1.82, 2.24) is 9.88 Å². The second-order valence-corrected chi connectivity index (χ2v) is 6.62. The minimum absolute atomic E-state index is 0.00136. The molecule has 0 radical (unpaired) electrons. The molecule has 2 aliphatic heterocycles. The zero-order valence-corrected chi connectivity index (χ0v) is 15.2. The molecular formula is C20H19N5O3. The van der Waals surface area contributed by atoms with Crippen molar-refractivity contribution in [2.24, 2.45) is 0 Å². The van der Waals surface area contributed by atoms with E-state index in [-0.39, 0.29) is 25.0 Å². The number of aromatic nitrogens is 1. The summed E-state index contributed by atoms with van der Waals surface area (Å²) >= 11 is 0. The van der Waals surface area contributed by atoms with Gasteiger partial charge in [0, 0.05) is 32.4 Å². The number of benzene rings is 1. The molecule has 3 heterocycles. The Bertz CT molecular complexity index is 947. The van der Waals surface area contributed by atoms with Crippen LogP contribution in [-0.4, -0.2) is 61.0 Å². The molecule has 2 aromatic rings.